The van der Waals surface area contributed by atoms with E-state index in [1.165, 1.54) is 0 Å². The molecule has 1 atom stereocenters. The standard InChI is InChI=1S/C21H18Cl2F3N3O/c22-14-9-7-13(8-10-14)19-20-18(28-29(19)17-6-2-1-4-15(17)23)16(5-3-11-30-20)27-12-21(24,25)26/h1-2,4,6-10,16,27H,3,5,11-12H2. The highest BCUT2D eigenvalue weighted by atomic mass is 35.5. The zero-order chi connectivity index (χ0) is 21.3. The first-order chi connectivity index (χ1) is 14.3. The number of hydrogen-bond acceptors (Lipinski definition) is 3. The van der Waals surface area contributed by atoms with Crippen molar-refractivity contribution in [3.63, 3.8) is 0 Å². The first kappa shape index (κ1) is 21.0. The Morgan fingerprint density at radius 3 is 2.53 bits per heavy atom. The van der Waals surface area contributed by atoms with Crippen LogP contribution in [0, 0.1) is 0 Å². The first-order valence-electron chi connectivity index (χ1n) is 9.40. The van der Waals surface area contributed by atoms with Crippen LogP contribution in [0.5, 0.6) is 5.75 Å². The maximum atomic E-state index is 12.8. The van der Waals surface area contributed by atoms with Gasteiger partial charge in [0.05, 0.1) is 29.9 Å². The molecule has 0 fully saturated rings. The number of aromatic nitrogens is 2. The molecule has 158 valence electrons. The van der Waals surface area contributed by atoms with E-state index in [0.29, 0.717) is 52.3 Å². The minimum atomic E-state index is -4.32. The predicted octanol–water partition coefficient (Wildman–Crippen LogP) is 6.21. The Kier molecular flexibility index (Phi) is 5.95. The number of rotatable bonds is 4. The maximum Gasteiger partial charge on any atom is 0.401 e. The van der Waals surface area contributed by atoms with Gasteiger partial charge in [-0.3, -0.25) is 0 Å². The molecule has 1 unspecified atom stereocenters. The number of para-hydroxylation sites is 1. The largest absolute Gasteiger partial charge is 0.489 e. The number of benzene rings is 2. The summed E-state index contributed by atoms with van der Waals surface area (Å²) in [6, 6.07) is 13.7. The highest BCUT2D eigenvalue weighted by Crippen LogP contribution is 2.42. The number of nitrogens with one attached hydrogen (secondary N) is 1. The van der Waals surface area contributed by atoms with Crippen molar-refractivity contribution in [3.05, 3.63) is 64.3 Å². The van der Waals surface area contributed by atoms with Gasteiger partial charge in [-0.15, -0.1) is 0 Å². The predicted molar refractivity (Wildman–Crippen MR) is 111 cm³/mol. The summed E-state index contributed by atoms with van der Waals surface area (Å²) in [5, 5.41) is 8.29. The third-order valence-corrected chi connectivity index (χ3v) is 5.40. The quantitative estimate of drug-likeness (QED) is 0.507. The van der Waals surface area contributed by atoms with Crippen molar-refractivity contribution in [1.29, 1.82) is 0 Å². The topological polar surface area (TPSA) is 39.1 Å². The van der Waals surface area contributed by atoms with Gasteiger partial charge in [-0.05, 0) is 37.1 Å². The van der Waals surface area contributed by atoms with Crippen LogP contribution in [0.3, 0.4) is 0 Å². The zero-order valence-electron chi connectivity index (χ0n) is 15.7. The molecule has 2 aromatic carbocycles. The summed E-state index contributed by atoms with van der Waals surface area (Å²) in [5.41, 5.74) is 2.43. The lowest BCUT2D eigenvalue weighted by Gasteiger charge is -2.16. The minimum Gasteiger partial charge on any atom is -0.489 e. The Bertz CT molecular complexity index is 1030. The summed E-state index contributed by atoms with van der Waals surface area (Å²) in [6.07, 6.45) is -3.24. The lowest BCUT2D eigenvalue weighted by Crippen LogP contribution is -2.32. The molecule has 4 nitrogen and oxygen atoms in total. The van der Waals surface area contributed by atoms with E-state index >= 15 is 0 Å². The van der Waals surface area contributed by atoms with Gasteiger partial charge < -0.3 is 10.1 Å². The molecule has 0 bridgehead atoms. The molecule has 1 aromatic heterocycles. The van der Waals surface area contributed by atoms with Crippen molar-refractivity contribution in [2.75, 3.05) is 13.2 Å². The van der Waals surface area contributed by atoms with Gasteiger partial charge in [-0.25, -0.2) is 4.68 Å². The molecule has 0 amide bonds. The Labute approximate surface area is 181 Å². The van der Waals surface area contributed by atoms with Gasteiger partial charge in [0.15, 0.2) is 5.75 Å². The number of fused-ring (bicyclic) bond motifs is 1. The van der Waals surface area contributed by atoms with E-state index in [-0.39, 0.29) is 0 Å². The molecule has 1 N–H and O–H groups in total. The molecule has 4 rings (SSSR count). The first-order valence-corrected chi connectivity index (χ1v) is 10.2. The van der Waals surface area contributed by atoms with E-state index in [9.17, 15) is 13.2 Å². The second-order valence-corrected chi connectivity index (χ2v) is 7.82. The Morgan fingerprint density at radius 1 is 1.10 bits per heavy atom. The van der Waals surface area contributed by atoms with Crippen LogP contribution in [-0.4, -0.2) is 29.1 Å². The number of halogens is 5. The van der Waals surface area contributed by atoms with Crippen LogP contribution in [0.2, 0.25) is 10.0 Å². The SMILES string of the molecule is FC(F)(F)CNC1CCCOc2c1nn(-c1ccccc1Cl)c2-c1ccc(Cl)cc1. The van der Waals surface area contributed by atoms with Gasteiger partial charge >= 0.3 is 6.18 Å². The third-order valence-electron chi connectivity index (χ3n) is 4.83. The normalized spacial score (nSPS) is 16.6. The lowest BCUT2D eigenvalue weighted by molar-refractivity contribution is -0.126. The van der Waals surface area contributed by atoms with Crippen LogP contribution in [0.4, 0.5) is 13.2 Å². The van der Waals surface area contributed by atoms with Gasteiger partial charge in [0.25, 0.3) is 0 Å². The number of nitrogens with zero attached hydrogens (tertiary/aromatic N) is 2. The molecule has 9 heteroatoms. The number of alkyl halides is 3. The van der Waals surface area contributed by atoms with E-state index in [2.05, 4.69) is 10.4 Å². The van der Waals surface area contributed by atoms with Gasteiger partial charge in [0.1, 0.15) is 11.4 Å². The zero-order valence-corrected chi connectivity index (χ0v) is 17.2. The smallest absolute Gasteiger partial charge is 0.401 e. The molecule has 0 saturated heterocycles. The molecule has 0 aliphatic carbocycles. The van der Waals surface area contributed by atoms with Crippen LogP contribution in [0.25, 0.3) is 16.9 Å². The van der Waals surface area contributed by atoms with Crippen molar-refractivity contribution < 1.29 is 17.9 Å². The van der Waals surface area contributed by atoms with E-state index in [1.807, 2.05) is 18.2 Å². The highest BCUT2D eigenvalue weighted by molar-refractivity contribution is 6.32. The van der Waals surface area contributed by atoms with Crippen molar-refractivity contribution in [3.8, 4) is 22.7 Å². The number of ether oxygens (including phenoxy) is 1. The van der Waals surface area contributed by atoms with Crippen LogP contribution < -0.4 is 10.1 Å². The average Bonchev–Trinajstić information content (AvgIpc) is 2.95. The molecular formula is C21H18Cl2F3N3O. The summed E-state index contributed by atoms with van der Waals surface area (Å²) in [4.78, 5) is 0. The van der Waals surface area contributed by atoms with Crippen LogP contribution in [0.15, 0.2) is 48.5 Å². The van der Waals surface area contributed by atoms with Crippen molar-refractivity contribution >= 4 is 23.2 Å². The highest BCUT2D eigenvalue weighted by Gasteiger charge is 2.33. The fourth-order valence-corrected chi connectivity index (χ4v) is 3.83. The number of hydrogen-bond donors (Lipinski definition) is 1. The van der Waals surface area contributed by atoms with Gasteiger partial charge in [-0.2, -0.15) is 18.3 Å². The molecule has 1 aliphatic rings. The maximum absolute atomic E-state index is 12.8. The monoisotopic (exact) mass is 455 g/mol. The lowest BCUT2D eigenvalue weighted by atomic mass is 10.1. The molecule has 30 heavy (non-hydrogen) atoms. The van der Waals surface area contributed by atoms with Crippen LogP contribution in [-0.2, 0) is 0 Å². The Hall–Kier alpha value is -2.22. The Morgan fingerprint density at radius 2 is 1.83 bits per heavy atom. The van der Waals surface area contributed by atoms with Gasteiger partial charge in [0.2, 0.25) is 0 Å². The van der Waals surface area contributed by atoms with E-state index in [1.54, 1.807) is 35.0 Å². The minimum absolute atomic E-state index is 0.381. The van der Waals surface area contributed by atoms with E-state index in [0.717, 1.165) is 5.56 Å². The fourth-order valence-electron chi connectivity index (χ4n) is 3.49. The summed E-state index contributed by atoms with van der Waals surface area (Å²) in [6.45, 7) is -0.724. The van der Waals surface area contributed by atoms with Crippen molar-refractivity contribution in [2.45, 2.75) is 25.1 Å². The van der Waals surface area contributed by atoms with Crippen LogP contribution >= 0.6 is 23.2 Å². The van der Waals surface area contributed by atoms with Crippen molar-refractivity contribution in [2.24, 2.45) is 0 Å². The summed E-state index contributed by atoms with van der Waals surface area (Å²) in [7, 11) is 0. The van der Waals surface area contributed by atoms with Gasteiger partial charge in [-0.1, -0.05) is 47.5 Å². The molecule has 0 saturated carbocycles. The molecule has 0 spiro atoms. The summed E-state index contributed by atoms with van der Waals surface area (Å²) < 4.78 is 46.1. The third kappa shape index (κ3) is 4.43. The molecule has 0 radical (unpaired) electrons. The fraction of sp³-hybridized carbons (Fsp3) is 0.286. The Balaban J connectivity index is 1.88. The summed E-state index contributed by atoms with van der Waals surface area (Å²) in [5.74, 6) is 0.453. The van der Waals surface area contributed by atoms with E-state index in [4.69, 9.17) is 27.9 Å². The van der Waals surface area contributed by atoms with Gasteiger partial charge in [0, 0.05) is 10.6 Å². The molecular weight excluding hydrogens is 438 g/mol. The second kappa shape index (κ2) is 8.49. The molecule has 1 aliphatic heterocycles. The average molecular weight is 456 g/mol. The molecule has 2 heterocycles. The van der Waals surface area contributed by atoms with E-state index < -0.39 is 18.8 Å². The van der Waals surface area contributed by atoms with Crippen molar-refractivity contribution in [1.82, 2.24) is 15.1 Å². The molecule has 3 aromatic rings. The summed E-state index contributed by atoms with van der Waals surface area (Å²) >= 11 is 12.4. The van der Waals surface area contributed by atoms with Crippen LogP contribution in [0.1, 0.15) is 24.6 Å². The second-order valence-electron chi connectivity index (χ2n) is 6.97.